The molecule has 3 aromatic heterocycles. The van der Waals surface area contributed by atoms with Crippen LogP contribution in [0, 0.1) is 0 Å². The molecule has 0 aliphatic rings. The van der Waals surface area contributed by atoms with Crippen LogP contribution >= 0.6 is 0 Å². The second-order valence-corrected chi connectivity index (χ2v) is 6.39. The Morgan fingerprint density at radius 3 is 2.73 bits per heavy atom. The lowest BCUT2D eigenvalue weighted by Gasteiger charge is -2.08. The molecular formula is C21H19N5O4. The lowest BCUT2D eigenvalue weighted by Crippen LogP contribution is -2.19. The number of rotatable bonds is 5. The van der Waals surface area contributed by atoms with Crippen molar-refractivity contribution in [3.63, 3.8) is 0 Å². The van der Waals surface area contributed by atoms with Crippen molar-refractivity contribution in [3.8, 4) is 17.0 Å². The molecule has 30 heavy (non-hydrogen) atoms. The van der Waals surface area contributed by atoms with Crippen molar-refractivity contribution in [2.45, 2.75) is 6.92 Å². The third kappa shape index (κ3) is 3.86. The molecule has 0 aliphatic carbocycles. The van der Waals surface area contributed by atoms with E-state index in [4.69, 9.17) is 9.47 Å². The fourth-order valence-corrected chi connectivity index (χ4v) is 2.99. The van der Waals surface area contributed by atoms with Gasteiger partial charge in [0.2, 0.25) is 0 Å². The van der Waals surface area contributed by atoms with Gasteiger partial charge in [-0.2, -0.15) is 5.10 Å². The smallest absolute Gasteiger partial charge is 0.434 e. The minimum Gasteiger partial charge on any atom is -0.434 e. The first-order valence-electron chi connectivity index (χ1n) is 9.27. The molecule has 0 saturated heterocycles. The molecule has 9 nitrogen and oxygen atoms in total. The highest BCUT2D eigenvalue weighted by atomic mass is 16.7. The van der Waals surface area contributed by atoms with E-state index in [1.54, 1.807) is 26.1 Å². The van der Waals surface area contributed by atoms with E-state index in [1.807, 2.05) is 47.1 Å². The van der Waals surface area contributed by atoms with Gasteiger partial charge in [-0.25, -0.2) is 9.78 Å². The summed E-state index contributed by atoms with van der Waals surface area (Å²) < 4.78 is 13.0. The second-order valence-electron chi connectivity index (χ2n) is 6.39. The average molecular weight is 405 g/mol. The molecule has 3 heterocycles. The van der Waals surface area contributed by atoms with E-state index >= 15 is 0 Å². The summed E-state index contributed by atoms with van der Waals surface area (Å²) in [5.41, 5.74) is 3.15. The van der Waals surface area contributed by atoms with E-state index in [-0.39, 0.29) is 18.1 Å². The first-order chi connectivity index (χ1) is 14.5. The van der Waals surface area contributed by atoms with Crippen LogP contribution in [-0.2, 0) is 11.8 Å². The maximum Gasteiger partial charge on any atom is 0.513 e. The number of carbonyl (C=O) groups excluding carboxylic acids is 2. The number of nitrogens with one attached hydrogen (secondary N) is 1. The van der Waals surface area contributed by atoms with Gasteiger partial charge in [0.1, 0.15) is 5.65 Å². The number of hydrogen-bond donors (Lipinski definition) is 1. The highest BCUT2D eigenvalue weighted by molar-refractivity contribution is 6.05. The number of aromatic nitrogens is 4. The number of nitrogens with zero attached hydrogens (tertiary/aromatic N) is 4. The minimum absolute atomic E-state index is 0.0155. The van der Waals surface area contributed by atoms with Crippen molar-refractivity contribution >= 4 is 23.4 Å². The summed E-state index contributed by atoms with van der Waals surface area (Å²) in [7, 11) is 1.58. The Labute approximate surface area is 171 Å². The van der Waals surface area contributed by atoms with Crippen LogP contribution in [0.4, 0.5) is 10.5 Å². The van der Waals surface area contributed by atoms with E-state index in [0.717, 1.165) is 11.3 Å². The number of aryl methyl sites for hydroxylation is 1. The van der Waals surface area contributed by atoms with Gasteiger partial charge in [0.25, 0.3) is 5.91 Å². The number of carbonyl (C=O) groups is 2. The normalized spacial score (nSPS) is 10.7. The predicted octanol–water partition coefficient (Wildman–Crippen LogP) is 3.52. The van der Waals surface area contributed by atoms with Crippen LogP contribution in [0.15, 0.2) is 61.1 Å². The maximum absolute atomic E-state index is 12.8. The summed E-state index contributed by atoms with van der Waals surface area (Å²) in [6.07, 6.45) is 4.12. The maximum atomic E-state index is 12.8. The molecule has 4 aromatic rings. The summed E-state index contributed by atoms with van der Waals surface area (Å²) in [6.45, 7) is 1.82. The fraction of sp³-hybridized carbons (Fsp3) is 0.143. The zero-order chi connectivity index (χ0) is 21.1. The summed E-state index contributed by atoms with van der Waals surface area (Å²) in [4.78, 5) is 29.0. The van der Waals surface area contributed by atoms with Gasteiger partial charge >= 0.3 is 6.16 Å². The van der Waals surface area contributed by atoms with Crippen LogP contribution in [0.2, 0.25) is 0 Å². The van der Waals surface area contributed by atoms with E-state index in [0.29, 0.717) is 11.3 Å². The minimum atomic E-state index is -0.896. The third-order valence-corrected chi connectivity index (χ3v) is 4.36. The molecule has 0 radical (unpaired) electrons. The second kappa shape index (κ2) is 8.08. The molecule has 1 amide bonds. The van der Waals surface area contributed by atoms with Crippen LogP contribution in [0.1, 0.15) is 17.4 Å². The van der Waals surface area contributed by atoms with E-state index in [9.17, 15) is 9.59 Å². The van der Waals surface area contributed by atoms with Crippen molar-refractivity contribution in [2.75, 3.05) is 11.9 Å². The molecule has 4 rings (SSSR count). The monoisotopic (exact) mass is 405 g/mol. The third-order valence-electron chi connectivity index (χ3n) is 4.36. The fourth-order valence-electron chi connectivity index (χ4n) is 2.99. The van der Waals surface area contributed by atoms with E-state index < -0.39 is 12.1 Å². The Hall–Kier alpha value is -4.14. The highest BCUT2D eigenvalue weighted by Crippen LogP contribution is 2.22. The molecule has 0 spiro atoms. The van der Waals surface area contributed by atoms with E-state index in [2.05, 4.69) is 15.4 Å². The van der Waals surface area contributed by atoms with Crippen LogP contribution in [0.25, 0.3) is 16.9 Å². The van der Waals surface area contributed by atoms with E-state index in [1.165, 1.54) is 10.9 Å². The van der Waals surface area contributed by atoms with Crippen molar-refractivity contribution in [1.29, 1.82) is 0 Å². The Morgan fingerprint density at radius 2 is 1.97 bits per heavy atom. The number of anilines is 1. The van der Waals surface area contributed by atoms with Gasteiger partial charge in [-0.3, -0.25) is 9.48 Å². The van der Waals surface area contributed by atoms with Crippen LogP contribution in [0.3, 0.4) is 0 Å². The highest BCUT2D eigenvalue weighted by Gasteiger charge is 2.21. The molecule has 1 aromatic carbocycles. The Balaban J connectivity index is 1.56. The van der Waals surface area contributed by atoms with Gasteiger partial charge in [0.05, 0.1) is 18.5 Å². The molecule has 0 saturated carbocycles. The van der Waals surface area contributed by atoms with Crippen molar-refractivity contribution < 1.29 is 19.1 Å². The molecule has 0 atom stereocenters. The van der Waals surface area contributed by atoms with Crippen LogP contribution in [-0.4, -0.2) is 37.8 Å². The first-order valence-corrected chi connectivity index (χ1v) is 9.27. The number of hydrogen-bond acceptors (Lipinski definition) is 6. The van der Waals surface area contributed by atoms with Gasteiger partial charge in [0.15, 0.2) is 11.4 Å². The lowest BCUT2D eigenvalue weighted by atomic mass is 10.2. The Morgan fingerprint density at radius 1 is 1.17 bits per heavy atom. The number of fused-ring (bicyclic) bond motifs is 1. The van der Waals surface area contributed by atoms with Crippen molar-refractivity contribution in [2.24, 2.45) is 7.05 Å². The topological polar surface area (TPSA) is 99.8 Å². The van der Waals surface area contributed by atoms with Gasteiger partial charge in [-0.1, -0.05) is 30.3 Å². The van der Waals surface area contributed by atoms with Crippen molar-refractivity contribution in [1.82, 2.24) is 19.2 Å². The first kappa shape index (κ1) is 19.2. The molecule has 9 heteroatoms. The lowest BCUT2D eigenvalue weighted by molar-refractivity contribution is 0.0987. The van der Waals surface area contributed by atoms with Gasteiger partial charge in [-0.05, 0) is 13.0 Å². The van der Waals surface area contributed by atoms with Gasteiger partial charge in [-0.15, -0.1) is 0 Å². The van der Waals surface area contributed by atoms with Crippen LogP contribution in [0.5, 0.6) is 5.75 Å². The van der Waals surface area contributed by atoms with Gasteiger partial charge < -0.3 is 19.2 Å². The summed E-state index contributed by atoms with van der Waals surface area (Å²) >= 11 is 0. The zero-order valence-electron chi connectivity index (χ0n) is 16.4. The molecule has 0 bridgehead atoms. The largest absolute Gasteiger partial charge is 0.513 e. The van der Waals surface area contributed by atoms with Crippen LogP contribution < -0.4 is 10.1 Å². The quantitative estimate of drug-likeness (QED) is 0.510. The molecular weight excluding hydrogens is 386 g/mol. The summed E-state index contributed by atoms with van der Waals surface area (Å²) in [5.74, 6) is -0.463. The molecule has 1 N–H and O–H groups in total. The number of imidazole rings is 1. The number of amides is 1. The Bertz CT molecular complexity index is 1210. The number of pyridine rings is 1. The van der Waals surface area contributed by atoms with Gasteiger partial charge in [0, 0.05) is 36.8 Å². The zero-order valence-corrected chi connectivity index (χ0v) is 16.4. The van der Waals surface area contributed by atoms with Crippen molar-refractivity contribution in [3.05, 3.63) is 66.7 Å². The molecule has 0 unspecified atom stereocenters. The summed E-state index contributed by atoms with van der Waals surface area (Å²) in [5, 5.41) is 6.77. The number of benzene rings is 1. The standard InChI is InChI=1S/C21H19N5O4/c1-3-29-21(28)30-17-12-22-25(2)19(17)20(27)23-15-9-10-26-13-16(24-18(26)11-15)14-7-5-4-6-8-14/h4-13H,3H2,1-2H3,(H,23,27). The SMILES string of the molecule is CCOC(=O)Oc1cnn(C)c1C(=O)Nc1ccn2cc(-c3ccccc3)nc2c1. The number of ether oxygens (including phenoxy) is 2. The molecule has 0 aliphatic heterocycles. The average Bonchev–Trinajstić information content (AvgIpc) is 3.32. The Kier molecular flexibility index (Phi) is 5.17. The molecule has 0 fully saturated rings. The predicted molar refractivity (Wildman–Crippen MR) is 109 cm³/mol. The summed E-state index contributed by atoms with van der Waals surface area (Å²) in [6, 6.07) is 13.3. The molecule has 152 valence electrons.